The molecule has 132 valence electrons. The Morgan fingerprint density at radius 3 is 2.80 bits per heavy atom. The maximum absolute atomic E-state index is 12.3. The number of pyridine rings is 1. The minimum Gasteiger partial charge on any atom is -0.492 e. The van der Waals surface area contributed by atoms with Crippen molar-refractivity contribution in [1.82, 2.24) is 4.98 Å². The molecule has 2 heterocycles. The minimum atomic E-state index is -4.42. The first-order valence-electron chi connectivity index (χ1n) is 7.58. The molecule has 0 saturated carbocycles. The van der Waals surface area contributed by atoms with Gasteiger partial charge in [0, 0.05) is 6.07 Å². The molecule has 0 bridgehead atoms. The highest BCUT2D eigenvalue weighted by atomic mass is 19.4. The predicted molar refractivity (Wildman–Crippen MR) is 83.5 cm³/mol. The van der Waals surface area contributed by atoms with Gasteiger partial charge in [0.1, 0.15) is 12.4 Å². The highest BCUT2D eigenvalue weighted by Gasteiger charge is 2.29. The normalized spacial score (nSPS) is 16.5. The molecule has 1 aromatic heterocycles. The van der Waals surface area contributed by atoms with Gasteiger partial charge < -0.3 is 14.8 Å². The fraction of sp³-hybridized carbons (Fsp3) is 0.294. The van der Waals surface area contributed by atoms with Crippen LogP contribution in [0.2, 0.25) is 0 Å². The third-order valence-electron chi connectivity index (χ3n) is 3.64. The number of fused-ring (bicyclic) bond motifs is 1. The predicted octanol–water partition coefficient (Wildman–Crippen LogP) is 3.21. The van der Waals surface area contributed by atoms with E-state index in [2.05, 4.69) is 15.0 Å². The number of anilines is 1. The second-order valence-corrected chi connectivity index (χ2v) is 5.60. The third kappa shape index (κ3) is 4.62. The Kier molecular flexibility index (Phi) is 4.78. The molecule has 1 aliphatic rings. The number of halogens is 3. The number of nitrogens with one attached hydrogen (secondary N) is 1. The molecule has 1 aromatic carbocycles. The molecule has 0 saturated heterocycles. The van der Waals surface area contributed by atoms with Gasteiger partial charge in [-0.2, -0.15) is 13.2 Å². The van der Waals surface area contributed by atoms with E-state index in [4.69, 9.17) is 4.74 Å². The summed E-state index contributed by atoms with van der Waals surface area (Å²) in [5.74, 6) is 0.0287. The van der Waals surface area contributed by atoms with Crippen LogP contribution in [0, 0.1) is 5.92 Å². The maximum Gasteiger partial charge on any atom is 0.422 e. The summed E-state index contributed by atoms with van der Waals surface area (Å²) < 4.78 is 46.3. The third-order valence-corrected chi connectivity index (χ3v) is 3.64. The molecule has 1 amide bonds. The lowest BCUT2D eigenvalue weighted by atomic mass is 9.96. The van der Waals surface area contributed by atoms with Gasteiger partial charge in [-0.15, -0.1) is 0 Å². The minimum absolute atomic E-state index is 0.162. The second-order valence-electron chi connectivity index (χ2n) is 5.60. The van der Waals surface area contributed by atoms with Crippen molar-refractivity contribution in [3.8, 4) is 11.6 Å². The van der Waals surface area contributed by atoms with Crippen molar-refractivity contribution >= 4 is 11.6 Å². The van der Waals surface area contributed by atoms with Gasteiger partial charge >= 0.3 is 6.18 Å². The standard InChI is InChI=1S/C17H15F3N2O3/c18-17(19,20)10-25-15-6-5-13(8-21-15)22-16(23)12-7-11-3-1-2-4-14(11)24-9-12/h1-6,8,12H,7,9-10H2,(H,22,23). The average molecular weight is 352 g/mol. The Bertz CT molecular complexity index is 748. The first kappa shape index (κ1) is 17.1. The fourth-order valence-corrected chi connectivity index (χ4v) is 2.44. The molecule has 0 spiro atoms. The smallest absolute Gasteiger partial charge is 0.422 e. The van der Waals surface area contributed by atoms with Crippen LogP contribution < -0.4 is 14.8 Å². The van der Waals surface area contributed by atoms with Crippen LogP contribution in [0.5, 0.6) is 11.6 Å². The molecule has 0 aliphatic carbocycles. The van der Waals surface area contributed by atoms with E-state index in [1.807, 2.05) is 24.3 Å². The van der Waals surface area contributed by atoms with Gasteiger partial charge in [0.05, 0.1) is 17.8 Å². The summed E-state index contributed by atoms with van der Waals surface area (Å²) in [4.78, 5) is 16.1. The molecule has 3 rings (SSSR count). The summed E-state index contributed by atoms with van der Waals surface area (Å²) in [6, 6.07) is 10.2. The molecule has 1 N–H and O–H groups in total. The van der Waals surface area contributed by atoms with Crippen molar-refractivity contribution in [3.05, 3.63) is 48.2 Å². The highest BCUT2D eigenvalue weighted by Crippen LogP contribution is 2.27. The molecular weight excluding hydrogens is 337 g/mol. The monoisotopic (exact) mass is 352 g/mol. The highest BCUT2D eigenvalue weighted by molar-refractivity contribution is 5.92. The van der Waals surface area contributed by atoms with Gasteiger partial charge in [0.25, 0.3) is 0 Å². The molecule has 1 aliphatic heterocycles. The van der Waals surface area contributed by atoms with E-state index >= 15 is 0 Å². The Labute approximate surface area is 141 Å². The summed E-state index contributed by atoms with van der Waals surface area (Å²) in [5, 5.41) is 2.68. The number of carbonyl (C=O) groups excluding carboxylic acids is 1. The van der Waals surface area contributed by atoms with E-state index in [-0.39, 0.29) is 24.3 Å². The lowest BCUT2D eigenvalue weighted by Crippen LogP contribution is -2.32. The van der Waals surface area contributed by atoms with Crippen LogP contribution in [0.25, 0.3) is 0 Å². The second kappa shape index (κ2) is 7.00. The van der Waals surface area contributed by atoms with Gasteiger partial charge in [-0.3, -0.25) is 4.79 Å². The van der Waals surface area contributed by atoms with E-state index in [1.165, 1.54) is 18.3 Å². The topological polar surface area (TPSA) is 60.5 Å². The number of para-hydroxylation sites is 1. The number of benzene rings is 1. The number of hydrogen-bond donors (Lipinski definition) is 1. The van der Waals surface area contributed by atoms with E-state index < -0.39 is 12.8 Å². The number of amides is 1. The van der Waals surface area contributed by atoms with Gasteiger partial charge in [0.15, 0.2) is 6.61 Å². The zero-order chi connectivity index (χ0) is 17.9. The van der Waals surface area contributed by atoms with Gasteiger partial charge in [-0.25, -0.2) is 4.98 Å². The van der Waals surface area contributed by atoms with Crippen molar-refractivity contribution < 1.29 is 27.4 Å². The number of hydrogen-bond acceptors (Lipinski definition) is 4. The number of alkyl halides is 3. The summed E-state index contributed by atoms with van der Waals surface area (Å²) in [6.07, 6.45) is -2.62. The number of carbonyl (C=O) groups is 1. The van der Waals surface area contributed by atoms with Crippen molar-refractivity contribution in [2.75, 3.05) is 18.5 Å². The molecule has 5 nitrogen and oxygen atoms in total. The van der Waals surface area contributed by atoms with Crippen molar-refractivity contribution in [2.24, 2.45) is 5.92 Å². The molecule has 2 aromatic rings. The van der Waals surface area contributed by atoms with Gasteiger partial charge in [0.2, 0.25) is 11.8 Å². The van der Waals surface area contributed by atoms with Crippen molar-refractivity contribution in [3.63, 3.8) is 0 Å². The zero-order valence-corrected chi connectivity index (χ0v) is 13.0. The number of rotatable bonds is 4. The van der Waals surface area contributed by atoms with Crippen molar-refractivity contribution in [1.29, 1.82) is 0 Å². The Hall–Kier alpha value is -2.77. The molecule has 1 unspecified atom stereocenters. The van der Waals surface area contributed by atoms with Gasteiger partial charge in [-0.1, -0.05) is 18.2 Å². The van der Waals surface area contributed by atoms with Crippen LogP contribution in [0.3, 0.4) is 0 Å². The summed E-state index contributed by atoms with van der Waals surface area (Å²) in [5.41, 5.74) is 1.34. The lowest BCUT2D eigenvalue weighted by molar-refractivity contribution is -0.154. The maximum atomic E-state index is 12.3. The SMILES string of the molecule is O=C(Nc1ccc(OCC(F)(F)F)nc1)C1COc2ccccc2C1. The van der Waals surface area contributed by atoms with Crippen LogP contribution in [0.1, 0.15) is 5.56 Å². The quantitative estimate of drug-likeness (QED) is 0.918. The average Bonchev–Trinajstić information content (AvgIpc) is 2.60. The molecule has 0 radical (unpaired) electrons. The van der Waals surface area contributed by atoms with Crippen LogP contribution >= 0.6 is 0 Å². The molecule has 25 heavy (non-hydrogen) atoms. The summed E-state index contributed by atoms with van der Waals surface area (Å²) >= 11 is 0. The molecular formula is C17H15F3N2O3. The van der Waals surface area contributed by atoms with Gasteiger partial charge in [-0.05, 0) is 24.1 Å². The van der Waals surface area contributed by atoms with E-state index in [9.17, 15) is 18.0 Å². The summed E-state index contributed by atoms with van der Waals surface area (Å²) in [6.45, 7) is -1.15. The van der Waals surface area contributed by atoms with Crippen LogP contribution in [-0.2, 0) is 11.2 Å². The number of aromatic nitrogens is 1. The number of nitrogens with zero attached hydrogens (tertiary/aromatic N) is 1. The van der Waals surface area contributed by atoms with Crippen molar-refractivity contribution in [2.45, 2.75) is 12.6 Å². The Morgan fingerprint density at radius 1 is 1.28 bits per heavy atom. The Balaban J connectivity index is 1.56. The summed E-state index contributed by atoms with van der Waals surface area (Å²) in [7, 11) is 0. The van der Waals surface area contributed by atoms with E-state index in [1.54, 1.807) is 0 Å². The first-order chi connectivity index (χ1) is 11.9. The van der Waals surface area contributed by atoms with E-state index in [0.29, 0.717) is 12.1 Å². The largest absolute Gasteiger partial charge is 0.492 e. The fourth-order valence-electron chi connectivity index (χ4n) is 2.44. The lowest BCUT2D eigenvalue weighted by Gasteiger charge is -2.24. The Morgan fingerprint density at radius 2 is 2.08 bits per heavy atom. The zero-order valence-electron chi connectivity index (χ0n) is 13.0. The van der Waals surface area contributed by atoms with Crippen LogP contribution in [0.4, 0.5) is 18.9 Å². The first-order valence-corrected chi connectivity index (χ1v) is 7.58. The van der Waals surface area contributed by atoms with Crippen LogP contribution in [-0.4, -0.2) is 30.3 Å². The molecule has 1 atom stereocenters. The van der Waals surface area contributed by atoms with E-state index in [0.717, 1.165) is 11.3 Å². The van der Waals surface area contributed by atoms with Crippen LogP contribution in [0.15, 0.2) is 42.6 Å². The molecule has 0 fully saturated rings. The molecule has 8 heteroatoms. The number of ether oxygens (including phenoxy) is 2.